The van der Waals surface area contributed by atoms with E-state index < -0.39 is 10.8 Å². The molecule has 0 atom stereocenters. The van der Waals surface area contributed by atoms with E-state index in [1.165, 1.54) is 0 Å². The first-order chi connectivity index (χ1) is 7.65. The molecule has 0 unspecified atom stereocenters. The molecule has 0 bridgehead atoms. The van der Waals surface area contributed by atoms with Crippen LogP contribution in [0.2, 0.25) is 0 Å². The van der Waals surface area contributed by atoms with Gasteiger partial charge in [0, 0.05) is 34.5 Å². The van der Waals surface area contributed by atoms with E-state index in [1.54, 1.807) is 6.20 Å². The Morgan fingerprint density at radius 2 is 2.06 bits per heavy atom. The van der Waals surface area contributed by atoms with E-state index in [0.29, 0.717) is 6.04 Å². The van der Waals surface area contributed by atoms with Crippen molar-refractivity contribution in [3.05, 3.63) is 17.6 Å². The summed E-state index contributed by atoms with van der Waals surface area (Å²) in [6.07, 6.45) is 3.69. The van der Waals surface area contributed by atoms with E-state index in [2.05, 4.69) is 15.3 Å². The highest BCUT2D eigenvalue weighted by atomic mass is 32.2. The Bertz CT molecular complexity index is 398. The Morgan fingerprint density at radius 3 is 2.75 bits per heavy atom. The average Bonchev–Trinajstić information content (AvgIpc) is 2.27. The molecule has 2 rings (SSSR count). The van der Waals surface area contributed by atoms with Crippen LogP contribution >= 0.6 is 0 Å². The number of nitrogens with zero attached hydrogens (tertiary/aromatic N) is 2. The summed E-state index contributed by atoms with van der Waals surface area (Å²) in [5.74, 6) is 2.48. The average molecular weight is 239 g/mol. The molecule has 1 fully saturated rings. The number of aromatic nitrogens is 2. The molecule has 1 aromatic heterocycles. The Balaban J connectivity index is 2.03. The largest absolute Gasteiger partial charge is 0.366 e. The summed E-state index contributed by atoms with van der Waals surface area (Å²) in [5, 5.41) is 3.40. The molecule has 0 radical (unpaired) electrons. The summed E-state index contributed by atoms with van der Waals surface area (Å²) in [6, 6.07) is 0.396. The van der Waals surface area contributed by atoms with Gasteiger partial charge in [0.1, 0.15) is 5.82 Å². The molecule has 0 spiro atoms. The molecule has 0 saturated carbocycles. The van der Waals surface area contributed by atoms with Crippen molar-refractivity contribution < 1.29 is 4.21 Å². The first-order valence-corrected chi connectivity index (χ1v) is 7.05. The fraction of sp³-hybridized carbons (Fsp3) is 0.636. The van der Waals surface area contributed by atoms with Gasteiger partial charge < -0.3 is 5.32 Å². The molecular weight excluding hydrogens is 222 g/mol. The minimum atomic E-state index is -0.605. The number of anilines is 1. The number of nitrogens with one attached hydrogen (secondary N) is 1. The number of hydrogen-bond donors (Lipinski definition) is 1. The Morgan fingerprint density at radius 1 is 1.38 bits per heavy atom. The Kier molecular flexibility index (Phi) is 3.53. The highest BCUT2D eigenvalue weighted by Crippen LogP contribution is 2.16. The minimum absolute atomic E-state index is 0.396. The first-order valence-electron chi connectivity index (χ1n) is 5.57. The maximum Gasteiger partial charge on any atom is 0.147 e. The third-order valence-electron chi connectivity index (χ3n) is 2.80. The lowest BCUT2D eigenvalue weighted by Gasteiger charge is -2.23. The number of rotatable bonds is 2. The SMILES string of the molecule is Cc1cnc(C)c(NC2CCS(=O)CC2)n1. The van der Waals surface area contributed by atoms with Crippen LogP contribution in [0.15, 0.2) is 6.20 Å². The standard InChI is InChI=1S/C11H17N3OS/c1-8-7-12-9(2)11(13-8)14-10-3-5-16(15)6-4-10/h7,10H,3-6H2,1-2H3,(H,13,14). The van der Waals surface area contributed by atoms with Gasteiger partial charge in [-0.25, -0.2) is 4.98 Å². The topological polar surface area (TPSA) is 54.9 Å². The highest BCUT2D eigenvalue weighted by Gasteiger charge is 2.18. The minimum Gasteiger partial charge on any atom is -0.366 e. The fourth-order valence-corrected chi connectivity index (χ4v) is 3.10. The summed E-state index contributed by atoms with van der Waals surface area (Å²) in [7, 11) is -0.605. The van der Waals surface area contributed by atoms with E-state index in [-0.39, 0.29) is 0 Å². The maximum absolute atomic E-state index is 11.2. The number of hydrogen-bond acceptors (Lipinski definition) is 4. The van der Waals surface area contributed by atoms with Crippen molar-refractivity contribution in [2.24, 2.45) is 0 Å². The Labute approximate surface area is 98.3 Å². The monoisotopic (exact) mass is 239 g/mol. The van der Waals surface area contributed by atoms with Gasteiger partial charge in [0.15, 0.2) is 0 Å². The molecule has 4 nitrogen and oxygen atoms in total. The van der Waals surface area contributed by atoms with Gasteiger partial charge in [-0.1, -0.05) is 0 Å². The summed E-state index contributed by atoms with van der Waals surface area (Å²) in [6.45, 7) is 3.89. The van der Waals surface area contributed by atoms with Crippen LogP contribution < -0.4 is 5.32 Å². The zero-order valence-corrected chi connectivity index (χ0v) is 10.5. The summed E-state index contributed by atoms with van der Waals surface area (Å²) in [4.78, 5) is 8.71. The van der Waals surface area contributed by atoms with Gasteiger partial charge in [-0.15, -0.1) is 0 Å². The smallest absolute Gasteiger partial charge is 0.147 e. The second-order valence-electron chi connectivity index (χ2n) is 4.21. The van der Waals surface area contributed by atoms with E-state index in [4.69, 9.17) is 0 Å². The van der Waals surface area contributed by atoms with Crippen LogP contribution in [0.1, 0.15) is 24.2 Å². The van der Waals surface area contributed by atoms with Crippen LogP contribution in [-0.4, -0.2) is 31.7 Å². The molecule has 16 heavy (non-hydrogen) atoms. The summed E-state index contributed by atoms with van der Waals surface area (Å²) < 4.78 is 11.2. The lowest BCUT2D eigenvalue weighted by Crippen LogP contribution is -2.30. The molecule has 0 aromatic carbocycles. The van der Waals surface area contributed by atoms with Crippen molar-refractivity contribution >= 4 is 16.6 Å². The van der Waals surface area contributed by atoms with Crippen LogP contribution in [0.25, 0.3) is 0 Å². The van der Waals surface area contributed by atoms with Crippen molar-refractivity contribution in [2.45, 2.75) is 32.7 Å². The third kappa shape index (κ3) is 2.78. The number of aryl methyl sites for hydroxylation is 2. The van der Waals surface area contributed by atoms with Crippen molar-refractivity contribution in [2.75, 3.05) is 16.8 Å². The van der Waals surface area contributed by atoms with Crippen LogP contribution in [-0.2, 0) is 10.8 Å². The van der Waals surface area contributed by atoms with Gasteiger partial charge in [-0.05, 0) is 26.7 Å². The summed E-state index contributed by atoms with van der Waals surface area (Å²) in [5.41, 5.74) is 1.85. The molecule has 1 N–H and O–H groups in total. The van der Waals surface area contributed by atoms with Gasteiger partial charge in [0.25, 0.3) is 0 Å². The molecule has 88 valence electrons. The van der Waals surface area contributed by atoms with Crippen LogP contribution in [0, 0.1) is 13.8 Å². The second-order valence-corrected chi connectivity index (χ2v) is 5.91. The van der Waals surface area contributed by atoms with Gasteiger partial charge >= 0.3 is 0 Å². The van der Waals surface area contributed by atoms with Crippen molar-refractivity contribution in [1.82, 2.24) is 9.97 Å². The molecule has 1 aliphatic heterocycles. The third-order valence-corrected chi connectivity index (χ3v) is 4.19. The van der Waals surface area contributed by atoms with E-state index >= 15 is 0 Å². The van der Waals surface area contributed by atoms with Gasteiger partial charge in [-0.3, -0.25) is 9.19 Å². The molecule has 0 aliphatic carbocycles. The predicted molar refractivity (Wildman–Crippen MR) is 66.0 cm³/mol. The maximum atomic E-state index is 11.2. The second kappa shape index (κ2) is 4.91. The zero-order valence-electron chi connectivity index (χ0n) is 9.69. The predicted octanol–water partition coefficient (Wildman–Crippen LogP) is 1.42. The molecule has 5 heteroatoms. The normalized spacial score (nSPS) is 25.4. The van der Waals surface area contributed by atoms with Crippen LogP contribution in [0.4, 0.5) is 5.82 Å². The highest BCUT2D eigenvalue weighted by molar-refractivity contribution is 7.85. The van der Waals surface area contributed by atoms with E-state index in [0.717, 1.165) is 41.6 Å². The van der Waals surface area contributed by atoms with Crippen molar-refractivity contribution in [3.8, 4) is 0 Å². The van der Waals surface area contributed by atoms with Gasteiger partial charge in [0.05, 0.1) is 11.4 Å². The van der Waals surface area contributed by atoms with E-state index in [1.807, 2.05) is 13.8 Å². The Hall–Kier alpha value is -0.970. The van der Waals surface area contributed by atoms with Crippen LogP contribution in [0.5, 0.6) is 0 Å². The molecule has 2 heterocycles. The molecule has 1 aromatic rings. The van der Waals surface area contributed by atoms with E-state index in [9.17, 15) is 4.21 Å². The first kappa shape index (κ1) is 11.5. The summed E-state index contributed by atoms with van der Waals surface area (Å²) >= 11 is 0. The zero-order chi connectivity index (χ0) is 11.5. The lowest BCUT2D eigenvalue weighted by atomic mass is 10.1. The van der Waals surface area contributed by atoms with Crippen LogP contribution in [0.3, 0.4) is 0 Å². The molecule has 0 amide bonds. The van der Waals surface area contributed by atoms with Gasteiger partial charge in [0.2, 0.25) is 0 Å². The van der Waals surface area contributed by atoms with Gasteiger partial charge in [-0.2, -0.15) is 0 Å². The quantitative estimate of drug-likeness (QED) is 0.848. The van der Waals surface area contributed by atoms with Crippen molar-refractivity contribution in [3.63, 3.8) is 0 Å². The molecular formula is C11H17N3OS. The fourth-order valence-electron chi connectivity index (χ4n) is 1.81. The molecule has 1 aliphatic rings. The molecule has 1 saturated heterocycles. The van der Waals surface area contributed by atoms with Crippen molar-refractivity contribution in [1.29, 1.82) is 0 Å². The lowest BCUT2D eigenvalue weighted by molar-refractivity contribution is 0.621.